The molecule has 0 aliphatic rings. The maximum atomic E-state index is 5.84. The standard InChI is InChI=1S/C20H29N3O2/c1-5-21-19(23-14-18-10-7-11-24-18)22-13-16-8-6-9-17(12-16)15-25-20(2,3)4/h6-12H,5,13-15H2,1-4H3,(H2,21,22,23). The van der Waals surface area contributed by atoms with Gasteiger partial charge in [0.1, 0.15) is 5.76 Å². The van der Waals surface area contributed by atoms with Crippen molar-refractivity contribution in [1.29, 1.82) is 0 Å². The zero-order valence-electron chi connectivity index (χ0n) is 15.6. The Morgan fingerprint density at radius 2 is 1.92 bits per heavy atom. The molecule has 1 aromatic heterocycles. The molecule has 136 valence electrons. The van der Waals surface area contributed by atoms with Crippen molar-refractivity contribution in [1.82, 2.24) is 10.6 Å². The summed E-state index contributed by atoms with van der Waals surface area (Å²) in [4.78, 5) is 4.65. The van der Waals surface area contributed by atoms with Crippen molar-refractivity contribution >= 4 is 5.96 Å². The molecule has 0 bridgehead atoms. The Bertz CT molecular complexity index is 658. The summed E-state index contributed by atoms with van der Waals surface area (Å²) in [7, 11) is 0. The lowest BCUT2D eigenvalue weighted by Crippen LogP contribution is -2.36. The number of nitrogens with one attached hydrogen (secondary N) is 2. The highest BCUT2D eigenvalue weighted by atomic mass is 16.5. The number of ether oxygens (including phenoxy) is 1. The summed E-state index contributed by atoms with van der Waals surface area (Å²) >= 11 is 0. The van der Waals surface area contributed by atoms with Gasteiger partial charge in [0.15, 0.2) is 5.96 Å². The van der Waals surface area contributed by atoms with Crippen molar-refractivity contribution in [3.8, 4) is 0 Å². The second-order valence-corrected chi connectivity index (χ2v) is 6.85. The first-order valence-electron chi connectivity index (χ1n) is 8.72. The minimum atomic E-state index is -0.137. The molecule has 25 heavy (non-hydrogen) atoms. The molecular weight excluding hydrogens is 314 g/mol. The van der Waals surface area contributed by atoms with Crippen molar-refractivity contribution in [2.45, 2.75) is 53.0 Å². The third-order valence-electron chi connectivity index (χ3n) is 3.44. The molecule has 0 spiro atoms. The van der Waals surface area contributed by atoms with Crippen LogP contribution in [0.15, 0.2) is 52.1 Å². The van der Waals surface area contributed by atoms with E-state index in [9.17, 15) is 0 Å². The molecule has 0 radical (unpaired) electrons. The van der Waals surface area contributed by atoms with E-state index >= 15 is 0 Å². The Morgan fingerprint density at radius 1 is 1.12 bits per heavy atom. The molecule has 0 saturated carbocycles. The molecular formula is C20H29N3O2. The van der Waals surface area contributed by atoms with Crippen LogP contribution in [-0.2, 0) is 24.4 Å². The molecule has 0 aliphatic carbocycles. The van der Waals surface area contributed by atoms with Crippen LogP contribution in [0.1, 0.15) is 44.6 Å². The van der Waals surface area contributed by atoms with Crippen LogP contribution in [0, 0.1) is 0 Å². The average Bonchev–Trinajstić information content (AvgIpc) is 3.09. The lowest BCUT2D eigenvalue weighted by Gasteiger charge is -2.19. The predicted molar refractivity (Wildman–Crippen MR) is 101 cm³/mol. The number of hydrogen-bond acceptors (Lipinski definition) is 3. The minimum Gasteiger partial charge on any atom is -0.467 e. The van der Waals surface area contributed by atoms with Gasteiger partial charge in [-0.05, 0) is 51.0 Å². The van der Waals surface area contributed by atoms with Gasteiger partial charge < -0.3 is 19.8 Å². The largest absolute Gasteiger partial charge is 0.467 e. The van der Waals surface area contributed by atoms with Crippen molar-refractivity contribution in [3.05, 3.63) is 59.5 Å². The Morgan fingerprint density at radius 3 is 2.60 bits per heavy atom. The van der Waals surface area contributed by atoms with Crippen LogP contribution in [0.5, 0.6) is 0 Å². The van der Waals surface area contributed by atoms with Gasteiger partial charge >= 0.3 is 0 Å². The fourth-order valence-electron chi connectivity index (χ4n) is 2.21. The highest BCUT2D eigenvalue weighted by Crippen LogP contribution is 2.13. The molecule has 0 amide bonds. The van der Waals surface area contributed by atoms with Crippen LogP contribution in [0.25, 0.3) is 0 Å². The van der Waals surface area contributed by atoms with E-state index in [1.807, 2.05) is 12.1 Å². The normalized spacial score (nSPS) is 12.2. The minimum absolute atomic E-state index is 0.137. The van der Waals surface area contributed by atoms with Gasteiger partial charge in [0.2, 0.25) is 0 Å². The van der Waals surface area contributed by atoms with E-state index in [2.05, 4.69) is 67.6 Å². The molecule has 1 heterocycles. The number of aliphatic imine (C=N–C) groups is 1. The zero-order valence-corrected chi connectivity index (χ0v) is 15.6. The van der Waals surface area contributed by atoms with Crippen LogP contribution in [0.3, 0.4) is 0 Å². The summed E-state index contributed by atoms with van der Waals surface area (Å²) in [5, 5.41) is 6.52. The lowest BCUT2D eigenvalue weighted by atomic mass is 10.1. The molecule has 2 rings (SSSR count). The summed E-state index contributed by atoms with van der Waals surface area (Å²) in [6, 6.07) is 12.2. The van der Waals surface area contributed by atoms with Crippen LogP contribution >= 0.6 is 0 Å². The second-order valence-electron chi connectivity index (χ2n) is 6.85. The van der Waals surface area contributed by atoms with Gasteiger partial charge in [-0.3, -0.25) is 0 Å². The first kappa shape index (κ1) is 19.1. The Balaban J connectivity index is 1.94. The van der Waals surface area contributed by atoms with Crippen LogP contribution in [0.4, 0.5) is 0 Å². The molecule has 1 aromatic carbocycles. The topological polar surface area (TPSA) is 58.8 Å². The van der Waals surface area contributed by atoms with Crippen molar-refractivity contribution in [2.24, 2.45) is 4.99 Å². The van der Waals surface area contributed by atoms with E-state index in [-0.39, 0.29) is 5.60 Å². The highest BCUT2D eigenvalue weighted by Gasteiger charge is 2.10. The number of hydrogen-bond donors (Lipinski definition) is 2. The predicted octanol–water partition coefficient (Wildman–Crippen LogP) is 3.85. The number of furan rings is 1. The van der Waals surface area contributed by atoms with Gasteiger partial charge in [0.25, 0.3) is 0 Å². The van der Waals surface area contributed by atoms with Gasteiger partial charge in [-0.1, -0.05) is 24.3 Å². The van der Waals surface area contributed by atoms with Crippen LogP contribution in [0.2, 0.25) is 0 Å². The van der Waals surface area contributed by atoms with Crippen molar-refractivity contribution < 1.29 is 9.15 Å². The van der Waals surface area contributed by atoms with E-state index in [4.69, 9.17) is 9.15 Å². The SMILES string of the molecule is CCNC(=NCc1cccc(COC(C)(C)C)c1)NCc1ccco1. The summed E-state index contributed by atoms with van der Waals surface area (Å²) in [5.41, 5.74) is 2.18. The molecule has 0 unspecified atom stereocenters. The van der Waals surface area contributed by atoms with Gasteiger partial charge in [-0.2, -0.15) is 0 Å². The third kappa shape index (κ3) is 7.44. The smallest absolute Gasteiger partial charge is 0.191 e. The fraction of sp³-hybridized carbons (Fsp3) is 0.450. The number of rotatable bonds is 7. The van der Waals surface area contributed by atoms with Crippen molar-refractivity contribution in [2.75, 3.05) is 6.54 Å². The van der Waals surface area contributed by atoms with Gasteiger partial charge in [-0.15, -0.1) is 0 Å². The van der Waals surface area contributed by atoms with Crippen LogP contribution in [-0.4, -0.2) is 18.1 Å². The molecule has 0 saturated heterocycles. The van der Waals surface area contributed by atoms with Crippen LogP contribution < -0.4 is 10.6 Å². The average molecular weight is 343 g/mol. The maximum Gasteiger partial charge on any atom is 0.191 e. The Hall–Kier alpha value is -2.27. The molecule has 2 aromatic rings. The molecule has 5 nitrogen and oxygen atoms in total. The molecule has 5 heteroatoms. The number of benzene rings is 1. The lowest BCUT2D eigenvalue weighted by molar-refractivity contribution is -0.0149. The summed E-state index contributed by atoms with van der Waals surface area (Å²) in [6.45, 7) is 10.9. The fourth-order valence-corrected chi connectivity index (χ4v) is 2.21. The van der Waals surface area contributed by atoms with Gasteiger partial charge in [0.05, 0.1) is 31.6 Å². The van der Waals surface area contributed by atoms with E-state index in [0.717, 1.165) is 29.4 Å². The Kier molecular flexibility index (Phi) is 7.07. The van der Waals surface area contributed by atoms with E-state index < -0.39 is 0 Å². The first-order valence-corrected chi connectivity index (χ1v) is 8.72. The highest BCUT2D eigenvalue weighted by molar-refractivity contribution is 5.79. The van der Waals surface area contributed by atoms with E-state index in [1.54, 1.807) is 6.26 Å². The maximum absolute atomic E-state index is 5.84. The molecule has 0 fully saturated rings. The second kappa shape index (κ2) is 9.28. The number of nitrogens with zero attached hydrogens (tertiary/aromatic N) is 1. The van der Waals surface area contributed by atoms with Gasteiger partial charge in [-0.25, -0.2) is 4.99 Å². The molecule has 0 atom stereocenters. The summed E-state index contributed by atoms with van der Waals surface area (Å²) in [6.07, 6.45) is 1.67. The number of guanidine groups is 1. The summed E-state index contributed by atoms with van der Waals surface area (Å²) < 4.78 is 11.2. The summed E-state index contributed by atoms with van der Waals surface area (Å²) in [5.74, 6) is 1.65. The third-order valence-corrected chi connectivity index (χ3v) is 3.44. The van der Waals surface area contributed by atoms with Crippen molar-refractivity contribution in [3.63, 3.8) is 0 Å². The first-order chi connectivity index (χ1) is 12.0. The zero-order chi connectivity index (χ0) is 18.1. The van der Waals surface area contributed by atoms with E-state index in [1.165, 1.54) is 0 Å². The quantitative estimate of drug-likeness (QED) is 0.592. The Labute approximate surface area is 150 Å². The molecule has 0 aliphatic heterocycles. The monoisotopic (exact) mass is 343 g/mol. The van der Waals surface area contributed by atoms with E-state index in [0.29, 0.717) is 19.7 Å². The molecule has 2 N–H and O–H groups in total. The van der Waals surface area contributed by atoms with Gasteiger partial charge in [0, 0.05) is 6.54 Å².